The lowest BCUT2D eigenvalue weighted by molar-refractivity contribution is -0.115. The van der Waals surface area contributed by atoms with Crippen LogP contribution in [-0.4, -0.2) is 11.1 Å². The van der Waals surface area contributed by atoms with Crippen LogP contribution in [0.2, 0.25) is 0 Å². The minimum Gasteiger partial charge on any atom is -0.300 e. The molecule has 1 saturated heterocycles. The summed E-state index contributed by atoms with van der Waals surface area (Å²) < 4.78 is 1.000. The number of hydrogen-bond donors (Lipinski definition) is 1. The van der Waals surface area contributed by atoms with Gasteiger partial charge in [-0.1, -0.05) is 45.8 Å². The van der Waals surface area contributed by atoms with Crippen LogP contribution in [0.1, 0.15) is 11.1 Å². The number of amidine groups is 1. The van der Waals surface area contributed by atoms with Crippen molar-refractivity contribution in [3.63, 3.8) is 0 Å². The summed E-state index contributed by atoms with van der Waals surface area (Å²) in [6, 6.07) is 15.7. The Morgan fingerprint density at radius 2 is 1.77 bits per heavy atom. The van der Waals surface area contributed by atoms with Crippen LogP contribution in [0.3, 0.4) is 0 Å². The number of hydrogen-bond acceptors (Lipinski definition) is 3. The number of nitrogens with zero attached hydrogens (tertiary/aromatic N) is 1. The first-order valence-electron chi connectivity index (χ1n) is 6.72. The molecule has 0 unspecified atom stereocenters. The molecule has 0 spiro atoms. The second-order valence-electron chi connectivity index (χ2n) is 4.87. The zero-order valence-corrected chi connectivity index (χ0v) is 14.2. The van der Waals surface area contributed by atoms with E-state index in [2.05, 4.69) is 26.2 Å². The Bertz CT molecular complexity index is 764. The standard InChI is InChI=1S/C17H13BrN2OS/c1-11-2-4-12(5-3-11)10-15-16(21)20-17(22-15)19-14-8-6-13(18)7-9-14/h2-10H,1H3,(H,19,20,21). The van der Waals surface area contributed by atoms with E-state index in [1.165, 1.54) is 17.3 Å². The Morgan fingerprint density at radius 1 is 1.09 bits per heavy atom. The van der Waals surface area contributed by atoms with E-state index in [-0.39, 0.29) is 5.91 Å². The topological polar surface area (TPSA) is 41.5 Å². The molecular weight excluding hydrogens is 360 g/mol. The Morgan fingerprint density at radius 3 is 2.45 bits per heavy atom. The Labute approximate surface area is 141 Å². The summed E-state index contributed by atoms with van der Waals surface area (Å²) >= 11 is 4.74. The first-order chi connectivity index (χ1) is 10.6. The molecule has 1 heterocycles. The minimum absolute atomic E-state index is 0.110. The lowest BCUT2D eigenvalue weighted by Crippen LogP contribution is -2.19. The van der Waals surface area contributed by atoms with Gasteiger partial charge in [0.05, 0.1) is 10.6 Å². The van der Waals surface area contributed by atoms with Crippen molar-refractivity contribution in [2.45, 2.75) is 6.92 Å². The third-order valence-electron chi connectivity index (χ3n) is 3.08. The van der Waals surface area contributed by atoms with Crippen LogP contribution >= 0.6 is 27.7 Å². The molecule has 2 aromatic rings. The fraction of sp³-hybridized carbons (Fsp3) is 0.0588. The van der Waals surface area contributed by atoms with Gasteiger partial charge in [-0.15, -0.1) is 0 Å². The summed E-state index contributed by atoms with van der Waals surface area (Å²) in [7, 11) is 0. The Kier molecular flexibility index (Phi) is 4.45. The van der Waals surface area contributed by atoms with Crippen molar-refractivity contribution < 1.29 is 4.79 Å². The highest BCUT2D eigenvalue weighted by atomic mass is 79.9. The highest BCUT2D eigenvalue weighted by Crippen LogP contribution is 2.28. The summed E-state index contributed by atoms with van der Waals surface area (Å²) in [6.07, 6.45) is 1.88. The molecule has 3 rings (SSSR count). The number of carbonyl (C=O) groups excluding carboxylic acids is 1. The first-order valence-corrected chi connectivity index (χ1v) is 8.33. The summed E-state index contributed by atoms with van der Waals surface area (Å²) in [5.41, 5.74) is 3.01. The van der Waals surface area contributed by atoms with E-state index in [9.17, 15) is 4.79 Å². The minimum atomic E-state index is -0.110. The Balaban J connectivity index is 1.80. The van der Waals surface area contributed by atoms with Crippen LogP contribution in [0.15, 0.2) is 62.9 Å². The molecule has 2 aromatic carbocycles. The largest absolute Gasteiger partial charge is 0.300 e. The van der Waals surface area contributed by atoms with Crippen LogP contribution < -0.4 is 5.32 Å². The fourth-order valence-electron chi connectivity index (χ4n) is 1.93. The van der Waals surface area contributed by atoms with E-state index in [0.29, 0.717) is 10.1 Å². The maximum atomic E-state index is 12.0. The number of thioether (sulfide) groups is 1. The van der Waals surface area contributed by atoms with E-state index in [4.69, 9.17) is 0 Å². The number of carbonyl (C=O) groups is 1. The molecule has 1 amide bonds. The zero-order valence-electron chi connectivity index (χ0n) is 11.8. The number of halogens is 1. The molecule has 22 heavy (non-hydrogen) atoms. The van der Waals surface area contributed by atoms with Crippen LogP contribution in [0.25, 0.3) is 6.08 Å². The normalized spacial score (nSPS) is 18.0. The third kappa shape index (κ3) is 3.67. The van der Waals surface area contributed by atoms with Crippen molar-refractivity contribution in [1.82, 2.24) is 5.32 Å². The summed E-state index contributed by atoms with van der Waals surface area (Å²) in [5.74, 6) is -0.110. The van der Waals surface area contributed by atoms with E-state index in [0.717, 1.165) is 15.7 Å². The average molecular weight is 373 g/mol. The third-order valence-corrected chi connectivity index (χ3v) is 4.52. The van der Waals surface area contributed by atoms with Gasteiger partial charge in [0.2, 0.25) is 0 Å². The monoisotopic (exact) mass is 372 g/mol. The van der Waals surface area contributed by atoms with Gasteiger partial charge in [-0.2, -0.15) is 0 Å². The van der Waals surface area contributed by atoms with Crippen LogP contribution in [-0.2, 0) is 4.79 Å². The highest BCUT2D eigenvalue weighted by molar-refractivity contribution is 9.10. The molecule has 0 aromatic heterocycles. The molecule has 1 fully saturated rings. The second-order valence-corrected chi connectivity index (χ2v) is 6.82. The van der Waals surface area contributed by atoms with E-state index in [1.54, 1.807) is 0 Å². The molecule has 0 saturated carbocycles. The number of aliphatic imine (C=N–C) groups is 1. The van der Waals surface area contributed by atoms with Gasteiger partial charge >= 0.3 is 0 Å². The van der Waals surface area contributed by atoms with Crippen molar-refractivity contribution >= 4 is 50.5 Å². The average Bonchev–Trinajstić information content (AvgIpc) is 2.84. The number of benzene rings is 2. The lowest BCUT2D eigenvalue weighted by Gasteiger charge is -1.96. The first kappa shape index (κ1) is 15.1. The highest BCUT2D eigenvalue weighted by Gasteiger charge is 2.23. The summed E-state index contributed by atoms with van der Waals surface area (Å²) in [5, 5.41) is 3.40. The summed E-state index contributed by atoms with van der Waals surface area (Å²) in [4.78, 5) is 17.1. The predicted molar refractivity (Wildman–Crippen MR) is 96.1 cm³/mol. The molecule has 110 valence electrons. The van der Waals surface area contributed by atoms with Gasteiger partial charge < -0.3 is 5.32 Å². The van der Waals surface area contributed by atoms with Gasteiger partial charge in [0, 0.05) is 4.47 Å². The zero-order chi connectivity index (χ0) is 15.5. The van der Waals surface area contributed by atoms with Crippen molar-refractivity contribution in [2.24, 2.45) is 4.99 Å². The van der Waals surface area contributed by atoms with Gasteiger partial charge in [0.15, 0.2) is 5.17 Å². The van der Waals surface area contributed by atoms with Gasteiger partial charge in [-0.3, -0.25) is 4.79 Å². The quantitative estimate of drug-likeness (QED) is 0.779. The van der Waals surface area contributed by atoms with Crippen molar-refractivity contribution in [1.29, 1.82) is 0 Å². The van der Waals surface area contributed by atoms with Crippen molar-refractivity contribution in [3.05, 3.63) is 69.0 Å². The number of aryl methyl sites for hydroxylation is 1. The number of amides is 1. The molecule has 1 aliphatic rings. The molecule has 0 aliphatic carbocycles. The SMILES string of the molecule is Cc1ccc(C=C2SC(=Nc3ccc(Br)cc3)NC2=O)cc1. The summed E-state index contributed by atoms with van der Waals surface area (Å²) in [6.45, 7) is 2.04. The maximum Gasteiger partial charge on any atom is 0.264 e. The second kappa shape index (κ2) is 6.50. The van der Waals surface area contributed by atoms with Gasteiger partial charge in [0.1, 0.15) is 0 Å². The molecule has 0 bridgehead atoms. The van der Waals surface area contributed by atoms with E-state index < -0.39 is 0 Å². The number of nitrogens with one attached hydrogen (secondary N) is 1. The molecule has 0 atom stereocenters. The van der Waals surface area contributed by atoms with Gasteiger partial charge in [0.25, 0.3) is 5.91 Å². The molecule has 3 nitrogen and oxygen atoms in total. The molecule has 0 radical (unpaired) electrons. The van der Waals surface area contributed by atoms with Crippen LogP contribution in [0.5, 0.6) is 0 Å². The molecule has 1 N–H and O–H groups in total. The van der Waals surface area contributed by atoms with Crippen LogP contribution in [0, 0.1) is 6.92 Å². The van der Waals surface area contributed by atoms with E-state index >= 15 is 0 Å². The molecule has 5 heteroatoms. The Hall–Kier alpha value is -1.85. The number of rotatable bonds is 2. The van der Waals surface area contributed by atoms with Gasteiger partial charge in [-0.05, 0) is 54.6 Å². The maximum absolute atomic E-state index is 12.0. The van der Waals surface area contributed by atoms with Gasteiger partial charge in [-0.25, -0.2) is 4.99 Å². The molecular formula is C17H13BrN2OS. The lowest BCUT2D eigenvalue weighted by atomic mass is 10.1. The smallest absolute Gasteiger partial charge is 0.264 e. The molecule has 1 aliphatic heterocycles. The predicted octanol–water partition coefficient (Wildman–Crippen LogP) is 4.65. The van der Waals surface area contributed by atoms with Crippen molar-refractivity contribution in [2.75, 3.05) is 0 Å². The van der Waals surface area contributed by atoms with Crippen LogP contribution in [0.4, 0.5) is 5.69 Å². The van der Waals surface area contributed by atoms with Crippen molar-refractivity contribution in [3.8, 4) is 0 Å². The fourth-order valence-corrected chi connectivity index (χ4v) is 3.03. The van der Waals surface area contributed by atoms with E-state index in [1.807, 2.05) is 61.5 Å².